The highest BCUT2D eigenvalue weighted by atomic mass is 35.5. The maximum absolute atomic E-state index is 13.3. The molecule has 0 saturated carbocycles. The maximum Gasteiger partial charge on any atom is 0.408 e. The standard InChI is InChI=1S/C12H15F4N3O.2ClH/c13-8-2-1-7(10(20)9(8)17)11(12(14,15)16)19-5-3-18-4-6-19;;/h1-2,11,18,20H,3-6,17H2;2*1H/t11-;;/m0../s1. The Kier molecular flexibility index (Phi) is 7.70. The van der Waals surface area contributed by atoms with E-state index < -0.39 is 35.0 Å². The van der Waals surface area contributed by atoms with Gasteiger partial charge in [-0.05, 0) is 6.07 Å². The van der Waals surface area contributed by atoms with E-state index in [1.54, 1.807) is 0 Å². The molecule has 1 aliphatic heterocycles. The molecule has 1 aliphatic rings. The normalized spacial score (nSPS) is 17.3. The van der Waals surface area contributed by atoms with Gasteiger partial charge in [-0.2, -0.15) is 13.2 Å². The number of phenols is 1. The topological polar surface area (TPSA) is 61.5 Å². The fourth-order valence-electron chi connectivity index (χ4n) is 2.34. The fourth-order valence-corrected chi connectivity index (χ4v) is 2.34. The van der Waals surface area contributed by atoms with Crippen LogP contribution in [0, 0.1) is 5.82 Å². The molecule has 0 bridgehead atoms. The quantitative estimate of drug-likeness (QED) is 0.428. The molecule has 128 valence electrons. The van der Waals surface area contributed by atoms with Gasteiger partial charge in [-0.1, -0.05) is 6.07 Å². The van der Waals surface area contributed by atoms with E-state index in [1.807, 2.05) is 0 Å². The Hall–Kier alpha value is -0.960. The number of anilines is 1. The van der Waals surface area contributed by atoms with Gasteiger partial charge in [0, 0.05) is 31.7 Å². The van der Waals surface area contributed by atoms with Crippen molar-refractivity contribution in [2.45, 2.75) is 12.2 Å². The molecule has 4 N–H and O–H groups in total. The number of alkyl halides is 3. The van der Waals surface area contributed by atoms with Gasteiger partial charge in [-0.15, -0.1) is 24.8 Å². The van der Waals surface area contributed by atoms with Crippen molar-refractivity contribution in [2.24, 2.45) is 0 Å². The lowest BCUT2D eigenvalue weighted by atomic mass is 10.0. The lowest BCUT2D eigenvalue weighted by molar-refractivity contribution is -0.188. The zero-order chi connectivity index (χ0) is 14.9. The molecule has 0 unspecified atom stereocenters. The van der Waals surface area contributed by atoms with Crippen molar-refractivity contribution >= 4 is 30.5 Å². The van der Waals surface area contributed by atoms with Crippen molar-refractivity contribution in [3.63, 3.8) is 0 Å². The molecule has 0 amide bonds. The van der Waals surface area contributed by atoms with Gasteiger partial charge in [0.15, 0.2) is 0 Å². The van der Waals surface area contributed by atoms with Gasteiger partial charge in [-0.25, -0.2) is 4.39 Å². The summed E-state index contributed by atoms with van der Waals surface area (Å²) in [4.78, 5) is 1.20. The van der Waals surface area contributed by atoms with E-state index >= 15 is 0 Å². The number of nitrogens with two attached hydrogens (primary N) is 1. The minimum atomic E-state index is -4.58. The van der Waals surface area contributed by atoms with Gasteiger partial charge in [0.05, 0.1) is 0 Å². The van der Waals surface area contributed by atoms with Gasteiger partial charge in [0.25, 0.3) is 0 Å². The average molecular weight is 366 g/mol. The van der Waals surface area contributed by atoms with Crippen LogP contribution in [-0.2, 0) is 0 Å². The van der Waals surface area contributed by atoms with E-state index in [9.17, 15) is 22.7 Å². The third-order valence-electron chi connectivity index (χ3n) is 3.32. The van der Waals surface area contributed by atoms with E-state index in [-0.39, 0.29) is 37.9 Å². The molecule has 0 spiro atoms. The lowest BCUT2D eigenvalue weighted by Gasteiger charge is -2.36. The van der Waals surface area contributed by atoms with Gasteiger partial charge >= 0.3 is 6.18 Å². The van der Waals surface area contributed by atoms with Crippen molar-refractivity contribution in [3.8, 4) is 5.75 Å². The molecule has 22 heavy (non-hydrogen) atoms. The van der Waals surface area contributed by atoms with Crippen LogP contribution >= 0.6 is 24.8 Å². The van der Waals surface area contributed by atoms with Gasteiger partial charge in [0.2, 0.25) is 0 Å². The fraction of sp³-hybridized carbons (Fsp3) is 0.500. The zero-order valence-corrected chi connectivity index (χ0v) is 13.0. The summed E-state index contributed by atoms with van der Waals surface area (Å²) in [5.74, 6) is -1.78. The smallest absolute Gasteiger partial charge is 0.408 e. The third kappa shape index (κ3) is 4.28. The van der Waals surface area contributed by atoms with Crippen LogP contribution in [0.4, 0.5) is 23.2 Å². The molecular formula is C12H17Cl2F4N3O. The molecule has 10 heteroatoms. The number of nitrogens with zero attached hydrogens (tertiary/aromatic N) is 1. The average Bonchev–Trinajstić information content (AvgIpc) is 2.39. The van der Waals surface area contributed by atoms with Crippen molar-refractivity contribution in [2.75, 3.05) is 31.9 Å². The summed E-state index contributed by atoms with van der Waals surface area (Å²) < 4.78 is 53.1. The molecule has 1 aromatic rings. The van der Waals surface area contributed by atoms with Crippen molar-refractivity contribution in [1.82, 2.24) is 10.2 Å². The largest absolute Gasteiger partial charge is 0.505 e. The molecule has 1 heterocycles. The molecule has 1 saturated heterocycles. The van der Waals surface area contributed by atoms with Crippen LogP contribution in [0.15, 0.2) is 12.1 Å². The zero-order valence-electron chi connectivity index (χ0n) is 11.4. The van der Waals surface area contributed by atoms with Gasteiger partial charge < -0.3 is 16.2 Å². The van der Waals surface area contributed by atoms with E-state index in [0.717, 1.165) is 12.1 Å². The second-order valence-corrected chi connectivity index (χ2v) is 4.63. The molecule has 1 aromatic carbocycles. The van der Waals surface area contributed by atoms with Crippen molar-refractivity contribution in [3.05, 3.63) is 23.5 Å². The molecule has 2 rings (SSSR count). The van der Waals surface area contributed by atoms with E-state index in [2.05, 4.69) is 5.32 Å². The maximum atomic E-state index is 13.3. The Bertz CT molecular complexity index is 496. The van der Waals surface area contributed by atoms with Crippen LogP contribution in [0.5, 0.6) is 5.75 Å². The first-order valence-electron chi connectivity index (χ1n) is 6.10. The van der Waals surface area contributed by atoms with Crippen molar-refractivity contribution in [1.29, 1.82) is 0 Å². The van der Waals surface area contributed by atoms with Crippen LogP contribution in [0.1, 0.15) is 11.6 Å². The van der Waals surface area contributed by atoms with E-state index in [0.29, 0.717) is 13.1 Å². The summed E-state index contributed by atoms with van der Waals surface area (Å²) in [6, 6.07) is -0.223. The molecule has 1 fully saturated rings. The Balaban J connectivity index is 0.00000220. The minimum Gasteiger partial charge on any atom is -0.505 e. The van der Waals surface area contributed by atoms with Crippen LogP contribution in [0.3, 0.4) is 0 Å². The molecular weight excluding hydrogens is 349 g/mol. The number of benzene rings is 1. The first kappa shape index (κ1) is 21.0. The Morgan fingerprint density at radius 3 is 2.23 bits per heavy atom. The summed E-state index contributed by atoms with van der Waals surface area (Å²) in [6.45, 7) is 1.20. The number of nitrogens with one attached hydrogen (secondary N) is 1. The summed E-state index contributed by atoms with van der Waals surface area (Å²) in [7, 11) is 0. The first-order valence-corrected chi connectivity index (χ1v) is 6.10. The number of phenolic OH excluding ortho intramolecular Hbond substituents is 1. The van der Waals surface area contributed by atoms with Crippen LogP contribution < -0.4 is 11.1 Å². The molecule has 0 aliphatic carbocycles. The highest BCUT2D eigenvalue weighted by Crippen LogP contribution is 2.43. The molecule has 0 radical (unpaired) electrons. The molecule has 4 nitrogen and oxygen atoms in total. The minimum absolute atomic E-state index is 0. The number of nitrogen functional groups attached to an aromatic ring is 1. The predicted octanol–water partition coefficient (Wildman–Crippen LogP) is 2.47. The van der Waals surface area contributed by atoms with Gasteiger partial charge in [0.1, 0.15) is 23.3 Å². The number of aromatic hydroxyl groups is 1. The highest BCUT2D eigenvalue weighted by molar-refractivity contribution is 5.85. The summed E-state index contributed by atoms with van der Waals surface area (Å²) in [6.07, 6.45) is -4.58. The number of rotatable bonds is 2. The second kappa shape index (κ2) is 8.05. The Morgan fingerprint density at radius 1 is 1.18 bits per heavy atom. The van der Waals surface area contributed by atoms with Crippen LogP contribution in [0.2, 0.25) is 0 Å². The second-order valence-electron chi connectivity index (χ2n) is 4.63. The molecule has 0 aromatic heterocycles. The van der Waals surface area contributed by atoms with Gasteiger partial charge in [-0.3, -0.25) is 4.90 Å². The number of halogens is 6. The monoisotopic (exact) mass is 365 g/mol. The first-order chi connectivity index (χ1) is 9.32. The number of hydrogen-bond donors (Lipinski definition) is 3. The number of hydrogen-bond acceptors (Lipinski definition) is 4. The SMILES string of the molecule is Cl.Cl.Nc1c(F)ccc([C@H](N2CCNCC2)C(F)(F)F)c1O. The van der Waals surface area contributed by atoms with Crippen LogP contribution in [-0.4, -0.2) is 42.4 Å². The molecule has 1 atom stereocenters. The Labute approximate surface area is 137 Å². The Morgan fingerprint density at radius 2 is 1.73 bits per heavy atom. The van der Waals surface area contributed by atoms with Crippen molar-refractivity contribution < 1.29 is 22.7 Å². The lowest BCUT2D eigenvalue weighted by Crippen LogP contribution is -2.49. The highest BCUT2D eigenvalue weighted by Gasteiger charge is 2.46. The predicted molar refractivity (Wildman–Crippen MR) is 80.2 cm³/mol. The van der Waals surface area contributed by atoms with E-state index in [1.165, 1.54) is 4.90 Å². The third-order valence-corrected chi connectivity index (χ3v) is 3.32. The summed E-state index contributed by atoms with van der Waals surface area (Å²) >= 11 is 0. The summed E-state index contributed by atoms with van der Waals surface area (Å²) in [5, 5.41) is 12.7. The number of piperazine rings is 1. The van der Waals surface area contributed by atoms with Crippen LogP contribution in [0.25, 0.3) is 0 Å². The summed E-state index contributed by atoms with van der Waals surface area (Å²) in [5.41, 5.74) is 4.19. The van der Waals surface area contributed by atoms with E-state index in [4.69, 9.17) is 5.73 Å².